The summed E-state index contributed by atoms with van der Waals surface area (Å²) in [5, 5.41) is 5.44. The third-order valence-corrected chi connectivity index (χ3v) is 2.89. The van der Waals surface area contributed by atoms with Crippen LogP contribution in [-0.2, 0) is 6.42 Å². The molecule has 0 atom stereocenters. The number of rotatable bonds is 0. The summed E-state index contributed by atoms with van der Waals surface area (Å²) in [6.45, 7) is 0.762. The molecular weight excluding hydrogens is 172 g/mol. The van der Waals surface area contributed by atoms with E-state index in [0.29, 0.717) is 10.6 Å². The fourth-order valence-corrected chi connectivity index (χ4v) is 2.27. The maximum atomic E-state index is 11.4. The van der Waals surface area contributed by atoms with E-state index in [0.717, 1.165) is 24.9 Å². The van der Waals surface area contributed by atoms with E-state index >= 15 is 0 Å². The number of carbonyl (C=O) groups excluding carboxylic acids is 1. The van der Waals surface area contributed by atoms with E-state index in [-0.39, 0.29) is 5.91 Å². The van der Waals surface area contributed by atoms with Crippen molar-refractivity contribution in [3.63, 3.8) is 0 Å². The largest absolute Gasteiger partial charge is 0.390 e. The van der Waals surface area contributed by atoms with Gasteiger partial charge in [-0.15, -0.1) is 11.3 Å². The van der Waals surface area contributed by atoms with Crippen LogP contribution in [0.3, 0.4) is 0 Å². The summed E-state index contributed by atoms with van der Waals surface area (Å²) in [4.78, 5) is 11.4. The standard InChI is InChI=1S/C8H10N2OS/c9-7-6-5(4-12-7)2-1-3-10-8(6)11/h4H,1-3,9H2,(H,10,11). The molecule has 0 fully saturated rings. The number of carbonyl (C=O) groups is 1. The maximum absolute atomic E-state index is 11.4. The van der Waals surface area contributed by atoms with Gasteiger partial charge in [0.25, 0.3) is 5.91 Å². The second kappa shape index (κ2) is 2.79. The van der Waals surface area contributed by atoms with Gasteiger partial charge < -0.3 is 11.1 Å². The average molecular weight is 182 g/mol. The van der Waals surface area contributed by atoms with Gasteiger partial charge in [0.15, 0.2) is 0 Å². The Morgan fingerprint density at radius 1 is 1.58 bits per heavy atom. The fraction of sp³-hybridized carbons (Fsp3) is 0.375. The summed E-state index contributed by atoms with van der Waals surface area (Å²) >= 11 is 1.45. The lowest BCUT2D eigenvalue weighted by molar-refractivity contribution is 0.0957. The van der Waals surface area contributed by atoms with Crippen molar-refractivity contribution in [2.24, 2.45) is 0 Å². The van der Waals surface area contributed by atoms with E-state index in [1.165, 1.54) is 11.3 Å². The highest BCUT2D eigenvalue weighted by atomic mass is 32.1. The van der Waals surface area contributed by atoms with Crippen molar-refractivity contribution in [2.45, 2.75) is 12.8 Å². The highest BCUT2D eigenvalue weighted by Gasteiger charge is 2.18. The Morgan fingerprint density at radius 3 is 3.25 bits per heavy atom. The third kappa shape index (κ3) is 1.08. The van der Waals surface area contributed by atoms with E-state index in [2.05, 4.69) is 5.32 Å². The van der Waals surface area contributed by atoms with E-state index in [4.69, 9.17) is 5.73 Å². The van der Waals surface area contributed by atoms with Crippen molar-refractivity contribution < 1.29 is 4.79 Å². The topological polar surface area (TPSA) is 55.1 Å². The molecule has 64 valence electrons. The third-order valence-electron chi connectivity index (χ3n) is 2.03. The zero-order valence-electron chi connectivity index (χ0n) is 6.59. The first-order valence-electron chi connectivity index (χ1n) is 3.93. The van der Waals surface area contributed by atoms with Gasteiger partial charge in [-0.25, -0.2) is 0 Å². The van der Waals surface area contributed by atoms with Gasteiger partial charge in [-0.05, 0) is 23.8 Å². The number of amides is 1. The quantitative estimate of drug-likeness (QED) is 0.629. The molecule has 4 heteroatoms. The summed E-state index contributed by atoms with van der Waals surface area (Å²) in [6, 6.07) is 0. The number of hydrogen-bond donors (Lipinski definition) is 2. The highest BCUT2D eigenvalue weighted by molar-refractivity contribution is 7.14. The van der Waals surface area contributed by atoms with E-state index in [1.807, 2.05) is 5.38 Å². The zero-order valence-corrected chi connectivity index (χ0v) is 7.41. The molecule has 0 saturated carbocycles. The Morgan fingerprint density at radius 2 is 2.42 bits per heavy atom. The first kappa shape index (κ1) is 7.61. The van der Waals surface area contributed by atoms with Gasteiger partial charge in [0.05, 0.1) is 10.6 Å². The lowest BCUT2D eigenvalue weighted by Gasteiger charge is -1.98. The van der Waals surface area contributed by atoms with Gasteiger partial charge in [-0.1, -0.05) is 0 Å². The summed E-state index contributed by atoms with van der Waals surface area (Å²) in [7, 11) is 0. The van der Waals surface area contributed by atoms with Gasteiger partial charge >= 0.3 is 0 Å². The monoisotopic (exact) mass is 182 g/mol. The zero-order chi connectivity index (χ0) is 8.55. The number of anilines is 1. The minimum absolute atomic E-state index is 0.0127. The molecule has 0 radical (unpaired) electrons. The molecule has 0 aliphatic carbocycles. The van der Waals surface area contributed by atoms with Crippen molar-refractivity contribution in [2.75, 3.05) is 12.3 Å². The van der Waals surface area contributed by atoms with Crippen LogP contribution in [0.15, 0.2) is 5.38 Å². The number of thiophene rings is 1. The highest BCUT2D eigenvalue weighted by Crippen LogP contribution is 2.27. The molecule has 0 spiro atoms. The number of fused-ring (bicyclic) bond motifs is 1. The first-order valence-corrected chi connectivity index (χ1v) is 4.81. The number of hydrogen-bond acceptors (Lipinski definition) is 3. The van der Waals surface area contributed by atoms with Gasteiger partial charge in [0, 0.05) is 6.54 Å². The molecule has 3 N–H and O–H groups in total. The number of nitrogens with one attached hydrogen (secondary N) is 1. The predicted molar refractivity (Wildman–Crippen MR) is 49.4 cm³/mol. The summed E-state index contributed by atoms with van der Waals surface area (Å²) in [5.74, 6) is -0.0127. The SMILES string of the molecule is Nc1scc2c1C(=O)NCCC2. The molecule has 1 amide bonds. The first-order chi connectivity index (χ1) is 5.79. The minimum atomic E-state index is -0.0127. The van der Waals surface area contributed by atoms with Crippen LogP contribution in [0.25, 0.3) is 0 Å². The van der Waals surface area contributed by atoms with E-state index < -0.39 is 0 Å². The molecule has 12 heavy (non-hydrogen) atoms. The van der Waals surface area contributed by atoms with Crippen molar-refractivity contribution in [1.82, 2.24) is 5.32 Å². The summed E-state index contributed by atoms with van der Waals surface area (Å²) < 4.78 is 0. The Kier molecular flexibility index (Phi) is 1.77. The molecule has 1 aromatic heterocycles. The molecule has 1 aliphatic rings. The number of aryl methyl sites for hydroxylation is 1. The van der Waals surface area contributed by atoms with E-state index in [9.17, 15) is 4.79 Å². The molecule has 0 saturated heterocycles. The Balaban J connectivity index is 2.49. The van der Waals surface area contributed by atoms with Crippen LogP contribution < -0.4 is 11.1 Å². The van der Waals surface area contributed by atoms with Crippen LogP contribution in [-0.4, -0.2) is 12.5 Å². The Hall–Kier alpha value is -1.03. The Bertz CT molecular complexity index is 319. The van der Waals surface area contributed by atoms with E-state index in [1.54, 1.807) is 0 Å². The fourth-order valence-electron chi connectivity index (χ4n) is 1.42. The van der Waals surface area contributed by atoms with Crippen molar-refractivity contribution in [1.29, 1.82) is 0 Å². The molecule has 1 aromatic rings. The normalized spacial score (nSPS) is 16.5. The van der Waals surface area contributed by atoms with Crippen LogP contribution in [0.2, 0.25) is 0 Å². The van der Waals surface area contributed by atoms with Gasteiger partial charge in [0.2, 0.25) is 0 Å². The van der Waals surface area contributed by atoms with Crippen molar-refractivity contribution >= 4 is 22.2 Å². The maximum Gasteiger partial charge on any atom is 0.254 e. The van der Waals surface area contributed by atoms with Crippen LogP contribution in [0, 0.1) is 0 Å². The lowest BCUT2D eigenvalue weighted by atomic mass is 10.1. The molecule has 1 aliphatic heterocycles. The molecule has 0 bridgehead atoms. The second-order valence-corrected chi connectivity index (χ2v) is 3.77. The van der Waals surface area contributed by atoms with Crippen LogP contribution in [0.1, 0.15) is 22.3 Å². The molecule has 2 rings (SSSR count). The average Bonchev–Trinajstić information content (AvgIpc) is 2.29. The van der Waals surface area contributed by atoms with Gasteiger partial charge in [-0.3, -0.25) is 4.79 Å². The molecule has 0 unspecified atom stereocenters. The number of nitrogens with two attached hydrogens (primary N) is 1. The minimum Gasteiger partial charge on any atom is -0.390 e. The predicted octanol–water partition coefficient (Wildman–Crippen LogP) is 1.01. The molecule has 0 aromatic carbocycles. The Labute approximate surface area is 74.6 Å². The lowest BCUT2D eigenvalue weighted by Crippen LogP contribution is -2.22. The van der Waals surface area contributed by atoms with Gasteiger partial charge in [-0.2, -0.15) is 0 Å². The summed E-state index contributed by atoms with van der Waals surface area (Å²) in [5.41, 5.74) is 7.49. The number of nitrogen functional groups attached to an aromatic ring is 1. The van der Waals surface area contributed by atoms with Crippen LogP contribution >= 0.6 is 11.3 Å². The van der Waals surface area contributed by atoms with Crippen LogP contribution in [0.4, 0.5) is 5.00 Å². The smallest absolute Gasteiger partial charge is 0.254 e. The van der Waals surface area contributed by atoms with Crippen molar-refractivity contribution in [3.8, 4) is 0 Å². The molecule has 3 nitrogen and oxygen atoms in total. The second-order valence-electron chi connectivity index (χ2n) is 2.86. The molecular formula is C8H10N2OS. The van der Waals surface area contributed by atoms with Crippen LogP contribution in [0.5, 0.6) is 0 Å². The summed E-state index contributed by atoms with van der Waals surface area (Å²) in [6.07, 6.45) is 1.97. The molecule has 2 heterocycles. The van der Waals surface area contributed by atoms with Crippen molar-refractivity contribution in [3.05, 3.63) is 16.5 Å². The van der Waals surface area contributed by atoms with Gasteiger partial charge in [0.1, 0.15) is 0 Å².